The summed E-state index contributed by atoms with van der Waals surface area (Å²) in [6.07, 6.45) is 2.43. The second-order valence-corrected chi connectivity index (χ2v) is 12.0. The Labute approximate surface area is 264 Å². The molecule has 0 radical (unpaired) electrons. The molecule has 0 N–H and O–H groups in total. The molecule has 8 bridgehead atoms. The zero-order valence-electron chi connectivity index (χ0n) is 24.2. The third-order valence-corrected chi connectivity index (χ3v) is 8.26. The standard InChI is InChI=1S/C34H34Br2O6/c1-37-19-41-33-25-11-21-7-5-9-23(31(21)39-3)13-27-17-30(36)18-28(34(27)42-20-38-2)14-24-10-6-8-22(32(24)40-4)12-26(33)16-29(35)15-25/h5-10,15-18H,11-14,19-20H2,1-4H3. The van der Waals surface area contributed by atoms with Crippen LogP contribution in [0.2, 0.25) is 0 Å². The van der Waals surface area contributed by atoms with E-state index >= 15 is 0 Å². The molecule has 220 valence electrons. The fraction of sp³-hybridized carbons (Fsp3) is 0.294. The number of para-hydroxylation sites is 2. The van der Waals surface area contributed by atoms with E-state index in [0.717, 1.165) is 76.5 Å². The van der Waals surface area contributed by atoms with Gasteiger partial charge in [0.1, 0.15) is 23.0 Å². The van der Waals surface area contributed by atoms with Gasteiger partial charge in [-0.3, -0.25) is 0 Å². The molecule has 0 aromatic heterocycles. The van der Waals surface area contributed by atoms with Crippen LogP contribution in [-0.2, 0) is 35.2 Å². The Balaban J connectivity index is 1.78. The van der Waals surface area contributed by atoms with Gasteiger partial charge in [0, 0.05) is 71.1 Å². The first kappa shape index (κ1) is 30.4. The predicted molar refractivity (Wildman–Crippen MR) is 171 cm³/mol. The van der Waals surface area contributed by atoms with Crippen LogP contribution in [-0.4, -0.2) is 42.0 Å². The Morgan fingerprint density at radius 2 is 0.786 bits per heavy atom. The summed E-state index contributed by atoms with van der Waals surface area (Å²) in [5.74, 6) is 3.29. The highest BCUT2D eigenvalue weighted by molar-refractivity contribution is 9.10. The van der Waals surface area contributed by atoms with E-state index in [1.807, 2.05) is 0 Å². The third-order valence-electron chi connectivity index (χ3n) is 7.35. The van der Waals surface area contributed by atoms with Gasteiger partial charge < -0.3 is 28.4 Å². The van der Waals surface area contributed by atoms with Crippen molar-refractivity contribution in [3.8, 4) is 23.0 Å². The first-order chi connectivity index (χ1) is 20.4. The Morgan fingerprint density at radius 3 is 1.05 bits per heavy atom. The van der Waals surface area contributed by atoms with Gasteiger partial charge in [0.25, 0.3) is 0 Å². The molecule has 4 aromatic rings. The minimum Gasteiger partial charge on any atom is -0.496 e. The van der Waals surface area contributed by atoms with Gasteiger partial charge in [-0.05, 0) is 46.5 Å². The van der Waals surface area contributed by atoms with Gasteiger partial charge >= 0.3 is 0 Å². The van der Waals surface area contributed by atoms with Crippen LogP contribution in [0.4, 0.5) is 0 Å². The first-order valence-electron chi connectivity index (χ1n) is 13.6. The molecule has 1 aliphatic rings. The highest BCUT2D eigenvalue weighted by atomic mass is 79.9. The van der Waals surface area contributed by atoms with Crippen molar-refractivity contribution in [1.29, 1.82) is 0 Å². The second-order valence-electron chi connectivity index (χ2n) is 10.1. The average Bonchev–Trinajstić information content (AvgIpc) is 2.96. The fourth-order valence-corrected chi connectivity index (χ4v) is 6.84. The molecular weight excluding hydrogens is 664 g/mol. The van der Waals surface area contributed by atoms with E-state index in [9.17, 15) is 0 Å². The van der Waals surface area contributed by atoms with Crippen molar-refractivity contribution in [2.45, 2.75) is 25.7 Å². The van der Waals surface area contributed by atoms with Gasteiger partial charge in [0.05, 0.1) is 14.2 Å². The van der Waals surface area contributed by atoms with Crippen molar-refractivity contribution in [3.63, 3.8) is 0 Å². The van der Waals surface area contributed by atoms with Crippen LogP contribution in [0.5, 0.6) is 23.0 Å². The Bertz CT molecular complexity index is 1360. The minimum atomic E-state index is 0.143. The number of methoxy groups -OCH3 is 4. The average molecular weight is 698 g/mol. The van der Waals surface area contributed by atoms with Gasteiger partial charge in [-0.1, -0.05) is 68.3 Å². The molecule has 0 heterocycles. The molecule has 8 heteroatoms. The quantitative estimate of drug-likeness (QED) is 0.154. The van der Waals surface area contributed by atoms with Crippen LogP contribution in [0.25, 0.3) is 0 Å². The lowest BCUT2D eigenvalue weighted by molar-refractivity contribution is 0.0497. The Hall–Kier alpha value is -3.04. The lowest BCUT2D eigenvalue weighted by Crippen LogP contribution is -2.09. The molecule has 0 spiro atoms. The van der Waals surface area contributed by atoms with E-state index in [1.165, 1.54) is 0 Å². The largest absolute Gasteiger partial charge is 0.496 e. The maximum Gasteiger partial charge on any atom is 0.188 e. The maximum atomic E-state index is 6.25. The lowest BCUT2D eigenvalue weighted by Gasteiger charge is -2.22. The van der Waals surface area contributed by atoms with E-state index in [2.05, 4.69) is 92.5 Å². The van der Waals surface area contributed by atoms with Crippen LogP contribution in [0.3, 0.4) is 0 Å². The van der Waals surface area contributed by atoms with Gasteiger partial charge in [-0.15, -0.1) is 0 Å². The molecule has 1 aliphatic carbocycles. The van der Waals surface area contributed by atoms with Crippen LogP contribution in [0, 0.1) is 0 Å². The van der Waals surface area contributed by atoms with Crippen LogP contribution in [0.1, 0.15) is 44.5 Å². The highest BCUT2D eigenvalue weighted by Gasteiger charge is 2.22. The summed E-state index contributed by atoms with van der Waals surface area (Å²) in [6, 6.07) is 21.0. The predicted octanol–water partition coefficient (Wildman–Crippen LogP) is 7.87. The zero-order chi connectivity index (χ0) is 29.6. The number of fused-ring (bicyclic) bond motifs is 8. The van der Waals surface area contributed by atoms with E-state index in [1.54, 1.807) is 28.4 Å². The Morgan fingerprint density at radius 1 is 0.476 bits per heavy atom. The van der Waals surface area contributed by atoms with E-state index < -0.39 is 0 Å². The van der Waals surface area contributed by atoms with Crippen LogP contribution >= 0.6 is 31.9 Å². The van der Waals surface area contributed by atoms with E-state index in [0.29, 0.717) is 25.7 Å². The van der Waals surface area contributed by atoms with Crippen LogP contribution in [0.15, 0.2) is 69.6 Å². The van der Waals surface area contributed by atoms with Crippen molar-refractivity contribution in [3.05, 3.63) is 114 Å². The summed E-state index contributed by atoms with van der Waals surface area (Å²) >= 11 is 7.51. The van der Waals surface area contributed by atoms with Gasteiger partial charge in [0.15, 0.2) is 13.6 Å². The van der Waals surface area contributed by atoms with Gasteiger partial charge in [0.2, 0.25) is 0 Å². The molecule has 0 unspecified atom stereocenters. The molecular formula is C34H34Br2O6. The normalized spacial score (nSPS) is 12.5. The first-order valence-corrected chi connectivity index (χ1v) is 15.2. The second kappa shape index (κ2) is 14.0. The summed E-state index contributed by atoms with van der Waals surface area (Å²) in [5.41, 5.74) is 8.35. The number of halogens is 2. The molecule has 6 nitrogen and oxygen atoms in total. The van der Waals surface area contributed by atoms with Crippen molar-refractivity contribution in [2.24, 2.45) is 0 Å². The molecule has 0 fully saturated rings. The van der Waals surface area contributed by atoms with Crippen molar-refractivity contribution in [2.75, 3.05) is 42.0 Å². The summed E-state index contributed by atoms with van der Waals surface area (Å²) < 4.78 is 37.2. The van der Waals surface area contributed by atoms with Crippen molar-refractivity contribution < 1.29 is 28.4 Å². The highest BCUT2D eigenvalue weighted by Crippen LogP contribution is 2.40. The van der Waals surface area contributed by atoms with Crippen LogP contribution < -0.4 is 18.9 Å². The molecule has 5 rings (SSSR count). The molecule has 0 aliphatic heterocycles. The maximum absolute atomic E-state index is 6.25. The fourth-order valence-electron chi connectivity index (χ4n) is 5.73. The van der Waals surface area contributed by atoms with E-state index in [4.69, 9.17) is 28.4 Å². The number of ether oxygens (including phenoxy) is 6. The summed E-state index contributed by atoms with van der Waals surface area (Å²) in [7, 11) is 6.71. The number of hydrogen-bond donors (Lipinski definition) is 0. The number of benzene rings is 4. The SMILES string of the molecule is COCOc1c2cc(Br)cc1Cc1cccc(c1OC)Cc1cc(Br)cc(c1OCOC)Cc1cccc(c1OC)C2. The molecule has 4 aromatic carbocycles. The molecule has 42 heavy (non-hydrogen) atoms. The van der Waals surface area contributed by atoms with Gasteiger partial charge in [-0.25, -0.2) is 0 Å². The topological polar surface area (TPSA) is 55.4 Å². The third kappa shape index (κ3) is 6.62. The minimum absolute atomic E-state index is 0.143. The molecule has 0 saturated heterocycles. The summed E-state index contributed by atoms with van der Waals surface area (Å²) in [4.78, 5) is 0. The lowest BCUT2D eigenvalue weighted by atomic mass is 9.91. The Kier molecular flexibility index (Phi) is 10.1. The summed E-state index contributed by atoms with van der Waals surface area (Å²) in [5, 5.41) is 0. The number of hydrogen-bond acceptors (Lipinski definition) is 6. The number of rotatable bonds is 8. The van der Waals surface area contributed by atoms with Crippen molar-refractivity contribution >= 4 is 31.9 Å². The zero-order valence-corrected chi connectivity index (χ0v) is 27.4. The monoisotopic (exact) mass is 696 g/mol. The smallest absolute Gasteiger partial charge is 0.188 e. The molecule has 0 amide bonds. The summed E-state index contributed by atoms with van der Waals surface area (Å²) in [6.45, 7) is 0.285. The van der Waals surface area contributed by atoms with E-state index in [-0.39, 0.29) is 13.6 Å². The molecule has 0 atom stereocenters. The molecule has 0 saturated carbocycles. The van der Waals surface area contributed by atoms with Crippen molar-refractivity contribution in [1.82, 2.24) is 0 Å². The van der Waals surface area contributed by atoms with Gasteiger partial charge in [-0.2, -0.15) is 0 Å².